The predicted molar refractivity (Wildman–Crippen MR) is 74.6 cm³/mol. The minimum absolute atomic E-state index is 0.0608. The molecule has 1 aromatic carbocycles. The average molecular weight is 245 g/mol. The van der Waals surface area contributed by atoms with E-state index in [1.165, 1.54) is 6.42 Å². The van der Waals surface area contributed by atoms with Crippen molar-refractivity contribution in [1.29, 1.82) is 0 Å². The fraction of sp³-hybridized carbons (Fsp3) is 0.562. The number of likely N-dealkylation sites (tertiary alicyclic amines) is 1. The third-order valence-electron chi connectivity index (χ3n) is 4.01. The number of hydrogen-bond donors (Lipinski definition) is 0. The molecule has 18 heavy (non-hydrogen) atoms. The van der Waals surface area contributed by atoms with Crippen LogP contribution in [0.4, 0.5) is 0 Å². The highest BCUT2D eigenvalue weighted by Crippen LogP contribution is 2.39. The van der Waals surface area contributed by atoms with Crippen LogP contribution in [-0.4, -0.2) is 21.9 Å². The van der Waals surface area contributed by atoms with Crippen molar-refractivity contribution in [2.45, 2.75) is 58.0 Å². The van der Waals surface area contributed by atoms with Crippen LogP contribution in [0.2, 0.25) is 0 Å². The maximum Gasteiger partial charge on any atom is 0.254 e. The Labute approximate surface area is 110 Å². The number of carbonyl (C=O) groups is 1. The molecule has 2 nitrogen and oxygen atoms in total. The molecule has 2 rings (SSSR count). The van der Waals surface area contributed by atoms with E-state index in [4.69, 9.17) is 0 Å². The summed E-state index contributed by atoms with van der Waals surface area (Å²) in [6.07, 6.45) is 3.35. The molecule has 2 heteroatoms. The van der Waals surface area contributed by atoms with Crippen molar-refractivity contribution in [1.82, 2.24) is 4.90 Å². The van der Waals surface area contributed by atoms with Crippen molar-refractivity contribution in [3.63, 3.8) is 0 Å². The van der Waals surface area contributed by atoms with E-state index >= 15 is 0 Å². The Morgan fingerprint density at radius 3 is 2.00 bits per heavy atom. The first-order valence-electron chi connectivity index (χ1n) is 6.74. The molecule has 0 aromatic heterocycles. The Kier molecular flexibility index (Phi) is 3.22. The Bertz CT molecular complexity index is 418. The molecule has 0 saturated carbocycles. The number of rotatable bonds is 1. The lowest BCUT2D eigenvalue weighted by atomic mass is 9.79. The lowest BCUT2D eigenvalue weighted by molar-refractivity contribution is -0.0111. The molecule has 0 atom stereocenters. The van der Waals surface area contributed by atoms with Gasteiger partial charge in [-0.3, -0.25) is 4.79 Å². The minimum atomic E-state index is -0.0608. The van der Waals surface area contributed by atoms with E-state index in [2.05, 4.69) is 32.6 Å². The predicted octanol–water partition coefficient (Wildman–Crippen LogP) is 3.87. The summed E-state index contributed by atoms with van der Waals surface area (Å²) in [5.74, 6) is 0.158. The van der Waals surface area contributed by atoms with Crippen molar-refractivity contribution in [3.05, 3.63) is 35.9 Å². The summed E-state index contributed by atoms with van der Waals surface area (Å²) in [6, 6.07) is 9.61. The van der Waals surface area contributed by atoms with Gasteiger partial charge in [0.05, 0.1) is 0 Å². The quantitative estimate of drug-likeness (QED) is 0.735. The standard InChI is InChI=1S/C16H23NO/c1-15(2)11-8-12-16(3,4)17(15)14(18)13-9-6-5-7-10-13/h5-7,9-10H,8,11-12H2,1-4H3. The molecule has 0 unspecified atom stereocenters. The largest absolute Gasteiger partial charge is 0.328 e. The van der Waals surface area contributed by atoms with Crippen molar-refractivity contribution in [3.8, 4) is 0 Å². The highest BCUT2D eigenvalue weighted by Gasteiger charge is 2.44. The molecule has 0 aliphatic carbocycles. The highest BCUT2D eigenvalue weighted by molar-refractivity contribution is 5.95. The van der Waals surface area contributed by atoms with E-state index in [0.29, 0.717) is 0 Å². The van der Waals surface area contributed by atoms with Crippen molar-refractivity contribution < 1.29 is 4.79 Å². The van der Waals surface area contributed by atoms with Crippen LogP contribution in [0, 0.1) is 0 Å². The Balaban J connectivity index is 2.37. The molecule has 1 heterocycles. The highest BCUT2D eigenvalue weighted by atomic mass is 16.2. The number of nitrogens with zero attached hydrogens (tertiary/aromatic N) is 1. The molecule has 0 radical (unpaired) electrons. The smallest absolute Gasteiger partial charge is 0.254 e. The Hall–Kier alpha value is -1.31. The minimum Gasteiger partial charge on any atom is -0.328 e. The molecule has 0 spiro atoms. The molecule has 1 amide bonds. The van der Waals surface area contributed by atoms with E-state index in [1.54, 1.807) is 0 Å². The first-order chi connectivity index (χ1) is 8.34. The van der Waals surface area contributed by atoms with Gasteiger partial charge in [-0.25, -0.2) is 0 Å². The maximum absolute atomic E-state index is 12.8. The first-order valence-corrected chi connectivity index (χ1v) is 6.74. The maximum atomic E-state index is 12.8. The molecule has 0 bridgehead atoms. The van der Waals surface area contributed by atoms with Crippen molar-refractivity contribution >= 4 is 5.91 Å². The monoisotopic (exact) mass is 245 g/mol. The molecular formula is C16H23NO. The molecular weight excluding hydrogens is 222 g/mol. The zero-order valence-corrected chi connectivity index (χ0v) is 11.9. The van der Waals surface area contributed by atoms with Gasteiger partial charge in [0, 0.05) is 16.6 Å². The molecule has 1 fully saturated rings. The fourth-order valence-electron chi connectivity index (χ4n) is 3.26. The van der Waals surface area contributed by atoms with E-state index in [0.717, 1.165) is 18.4 Å². The van der Waals surface area contributed by atoms with Crippen LogP contribution in [0.1, 0.15) is 57.3 Å². The van der Waals surface area contributed by atoms with Gasteiger partial charge in [0.25, 0.3) is 5.91 Å². The average Bonchev–Trinajstić information content (AvgIpc) is 2.27. The summed E-state index contributed by atoms with van der Waals surface area (Å²) in [4.78, 5) is 14.8. The number of hydrogen-bond acceptors (Lipinski definition) is 1. The van der Waals surface area contributed by atoms with E-state index in [9.17, 15) is 4.79 Å². The van der Waals surface area contributed by atoms with Gasteiger partial charge in [0.1, 0.15) is 0 Å². The van der Waals surface area contributed by atoms with Crippen molar-refractivity contribution in [2.24, 2.45) is 0 Å². The Morgan fingerprint density at radius 1 is 1.00 bits per heavy atom. The zero-order chi connectivity index (χ0) is 13.4. The van der Waals surface area contributed by atoms with Crippen LogP contribution in [0.5, 0.6) is 0 Å². The zero-order valence-electron chi connectivity index (χ0n) is 11.9. The van der Waals surface area contributed by atoms with Crippen LogP contribution in [-0.2, 0) is 0 Å². The van der Waals surface area contributed by atoms with Gasteiger partial charge in [-0.15, -0.1) is 0 Å². The summed E-state index contributed by atoms with van der Waals surface area (Å²) in [5, 5.41) is 0. The number of carbonyl (C=O) groups excluding carboxylic acids is 1. The van der Waals surface area contributed by atoms with Gasteiger partial charge in [0.2, 0.25) is 0 Å². The second kappa shape index (κ2) is 4.42. The lowest BCUT2D eigenvalue weighted by Crippen LogP contribution is -2.60. The van der Waals surface area contributed by atoms with Gasteiger partial charge in [0.15, 0.2) is 0 Å². The van der Waals surface area contributed by atoms with Gasteiger partial charge in [-0.1, -0.05) is 18.2 Å². The summed E-state index contributed by atoms with van der Waals surface area (Å²) in [6.45, 7) is 8.70. The second-order valence-electron chi connectivity index (χ2n) is 6.49. The summed E-state index contributed by atoms with van der Waals surface area (Å²) in [7, 11) is 0. The van der Waals surface area contributed by atoms with Crippen LogP contribution in [0.15, 0.2) is 30.3 Å². The molecule has 0 N–H and O–H groups in total. The SMILES string of the molecule is CC1(C)CCCC(C)(C)N1C(=O)c1ccccc1. The van der Waals surface area contributed by atoms with Gasteiger partial charge in [-0.2, -0.15) is 0 Å². The van der Waals surface area contributed by atoms with Crippen LogP contribution < -0.4 is 0 Å². The van der Waals surface area contributed by atoms with E-state index in [1.807, 2.05) is 30.3 Å². The third-order valence-corrected chi connectivity index (χ3v) is 4.01. The van der Waals surface area contributed by atoms with Gasteiger partial charge in [-0.05, 0) is 59.1 Å². The van der Waals surface area contributed by atoms with Crippen LogP contribution in [0.3, 0.4) is 0 Å². The van der Waals surface area contributed by atoms with Gasteiger partial charge < -0.3 is 4.90 Å². The summed E-state index contributed by atoms with van der Waals surface area (Å²) >= 11 is 0. The van der Waals surface area contributed by atoms with Gasteiger partial charge >= 0.3 is 0 Å². The molecule has 1 aliphatic heterocycles. The van der Waals surface area contributed by atoms with E-state index in [-0.39, 0.29) is 17.0 Å². The van der Waals surface area contributed by atoms with Crippen LogP contribution >= 0.6 is 0 Å². The molecule has 1 saturated heterocycles. The Morgan fingerprint density at radius 2 is 1.50 bits per heavy atom. The third kappa shape index (κ3) is 2.29. The van der Waals surface area contributed by atoms with Crippen molar-refractivity contribution in [2.75, 3.05) is 0 Å². The van der Waals surface area contributed by atoms with Crippen LogP contribution in [0.25, 0.3) is 0 Å². The molecule has 1 aromatic rings. The normalized spacial score (nSPS) is 21.7. The fourth-order valence-corrected chi connectivity index (χ4v) is 3.26. The second-order valence-corrected chi connectivity index (χ2v) is 6.49. The first kappa shape index (κ1) is 13.1. The summed E-state index contributed by atoms with van der Waals surface area (Å²) in [5.41, 5.74) is 0.670. The van der Waals surface area contributed by atoms with E-state index < -0.39 is 0 Å². The number of piperidine rings is 1. The number of amides is 1. The molecule has 1 aliphatic rings. The molecule has 98 valence electrons. The topological polar surface area (TPSA) is 20.3 Å². The number of benzene rings is 1. The lowest BCUT2D eigenvalue weighted by Gasteiger charge is -2.53. The summed E-state index contributed by atoms with van der Waals surface area (Å²) < 4.78 is 0.